The molecule has 0 atom stereocenters. The number of anilines is 2. The molecule has 104 valence electrons. The molecule has 20 heavy (non-hydrogen) atoms. The van der Waals surface area contributed by atoms with Gasteiger partial charge in [0, 0.05) is 5.02 Å². The van der Waals surface area contributed by atoms with Crippen LogP contribution < -0.4 is 11.1 Å². The van der Waals surface area contributed by atoms with Crippen molar-refractivity contribution in [3.05, 3.63) is 57.0 Å². The Morgan fingerprint density at radius 1 is 1.05 bits per heavy atom. The van der Waals surface area contributed by atoms with Crippen LogP contribution in [0.3, 0.4) is 0 Å². The van der Waals surface area contributed by atoms with E-state index >= 15 is 0 Å². The van der Waals surface area contributed by atoms with Gasteiger partial charge in [-0.05, 0) is 35.9 Å². The molecule has 0 aromatic heterocycles. The Morgan fingerprint density at radius 2 is 1.80 bits per heavy atom. The van der Waals surface area contributed by atoms with Crippen LogP contribution in [0.15, 0.2) is 36.4 Å². The van der Waals surface area contributed by atoms with Crippen molar-refractivity contribution in [2.75, 3.05) is 11.1 Å². The molecular weight excluding hydrogens is 319 g/mol. The second kappa shape index (κ2) is 6.35. The maximum atomic E-state index is 12.0. The van der Waals surface area contributed by atoms with E-state index in [2.05, 4.69) is 5.32 Å². The molecule has 2 aromatic rings. The van der Waals surface area contributed by atoms with Crippen molar-refractivity contribution in [1.29, 1.82) is 0 Å². The predicted octanol–water partition coefficient (Wildman–Crippen LogP) is 4.41. The van der Waals surface area contributed by atoms with E-state index in [1.807, 2.05) is 0 Å². The van der Waals surface area contributed by atoms with Gasteiger partial charge in [0.25, 0.3) is 0 Å². The van der Waals surface area contributed by atoms with Crippen molar-refractivity contribution in [1.82, 2.24) is 0 Å². The summed E-state index contributed by atoms with van der Waals surface area (Å²) >= 11 is 17.6. The van der Waals surface area contributed by atoms with Crippen LogP contribution in [0.25, 0.3) is 0 Å². The lowest BCUT2D eigenvalue weighted by Gasteiger charge is -2.09. The quantitative estimate of drug-likeness (QED) is 0.819. The monoisotopic (exact) mass is 328 g/mol. The molecule has 0 fully saturated rings. The third kappa shape index (κ3) is 3.79. The molecule has 0 saturated carbocycles. The van der Waals surface area contributed by atoms with Gasteiger partial charge in [-0.25, -0.2) is 0 Å². The Labute approximate surface area is 131 Å². The van der Waals surface area contributed by atoms with E-state index in [-0.39, 0.29) is 12.3 Å². The normalized spacial score (nSPS) is 10.3. The number of benzene rings is 2. The number of hydrogen-bond donors (Lipinski definition) is 2. The van der Waals surface area contributed by atoms with E-state index in [9.17, 15) is 4.79 Å². The molecule has 3 nitrogen and oxygen atoms in total. The average molecular weight is 330 g/mol. The summed E-state index contributed by atoms with van der Waals surface area (Å²) in [6.07, 6.45) is 0.169. The number of rotatable bonds is 3. The lowest BCUT2D eigenvalue weighted by Crippen LogP contribution is -2.15. The largest absolute Gasteiger partial charge is 0.397 e. The van der Waals surface area contributed by atoms with Crippen molar-refractivity contribution in [2.24, 2.45) is 0 Å². The SMILES string of the molecule is Nc1ccc(Cl)cc1NC(=O)Cc1ccc(Cl)c(Cl)c1. The van der Waals surface area contributed by atoms with Gasteiger partial charge in [-0.1, -0.05) is 40.9 Å². The molecule has 3 N–H and O–H groups in total. The van der Waals surface area contributed by atoms with Gasteiger partial charge in [0.1, 0.15) is 0 Å². The predicted molar refractivity (Wildman–Crippen MR) is 84.7 cm³/mol. The summed E-state index contributed by atoms with van der Waals surface area (Å²) < 4.78 is 0. The van der Waals surface area contributed by atoms with E-state index in [1.165, 1.54) is 0 Å². The molecular formula is C14H11Cl3N2O. The van der Waals surface area contributed by atoms with Crippen LogP contribution in [0.5, 0.6) is 0 Å². The highest BCUT2D eigenvalue weighted by Crippen LogP contribution is 2.24. The fourth-order valence-corrected chi connectivity index (χ4v) is 2.16. The molecule has 0 unspecified atom stereocenters. The molecule has 0 aliphatic heterocycles. The van der Waals surface area contributed by atoms with Crippen LogP contribution in [0, 0.1) is 0 Å². The highest BCUT2D eigenvalue weighted by atomic mass is 35.5. The molecule has 0 bridgehead atoms. The van der Waals surface area contributed by atoms with Crippen molar-refractivity contribution >= 4 is 52.1 Å². The molecule has 0 saturated heterocycles. The Kier molecular flexibility index (Phi) is 4.76. The van der Waals surface area contributed by atoms with Crippen LogP contribution in [0.2, 0.25) is 15.1 Å². The molecule has 2 aromatic carbocycles. The number of nitrogens with one attached hydrogen (secondary N) is 1. The van der Waals surface area contributed by atoms with Crippen LogP contribution >= 0.6 is 34.8 Å². The van der Waals surface area contributed by atoms with Crippen LogP contribution in [0.4, 0.5) is 11.4 Å². The molecule has 2 rings (SSSR count). The first-order chi connectivity index (χ1) is 9.45. The van der Waals surface area contributed by atoms with Crippen LogP contribution in [-0.2, 0) is 11.2 Å². The second-order valence-corrected chi connectivity index (χ2v) is 5.46. The minimum absolute atomic E-state index is 0.169. The first-order valence-electron chi connectivity index (χ1n) is 5.74. The van der Waals surface area contributed by atoms with E-state index in [0.717, 1.165) is 5.56 Å². The third-order valence-electron chi connectivity index (χ3n) is 2.64. The number of carbonyl (C=O) groups excluding carboxylic acids is 1. The number of nitrogen functional groups attached to an aromatic ring is 1. The standard InChI is InChI=1S/C14H11Cl3N2O/c15-9-2-4-12(18)13(7-9)19-14(20)6-8-1-3-10(16)11(17)5-8/h1-5,7H,6,18H2,(H,19,20). The highest BCUT2D eigenvalue weighted by molar-refractivity contribution is 6.42. The fourth-order valence-electron chi connectivity index (χ4n) is 1.67. The van der Waals surface area contributed by atoms with Crippen LogP contribution in [-0.4, -0.2) is 5.91 Å². The van der Waals surface area contributed by atoms with Gasteiger partial charge in [-0.3, -0.25) is 4.79 Å². The maximum absolute atomic E-state index is 12.0. The summed E-state index contributed by atoms with van der Waals surface area (Å²) in [5.41, 5.74) is 7.47. The Balaban J connectivity index is 2.09. The number of hydrogen-bond acceptors (Lipinski definition) is 2. The minimum Gasteiger partial charge on any atom is -0.397 e. The van der Waals surface area contributed by atoms with Gasteiger partial charge in [-0.2, -0.15) is 0 Å². The van der Waals surface area contributed by atoms with Crippen molar-refractivity contribution in [3.8, 4) is 0 Å². The smallest absolute Gasteiger partial charge is 0.228 e. The van der Waals surface area contributed by atoms with E-state index in [1.54, 1.807) is 36.4 Å². The fraction of sp³-hybridized carbons (Fsp3) is 0.0714. The zero-order chi connectivity index (χ0) is 14.7. The second-order valence-electron chi connectivity index (χ2n) is 4.20. The highest BCUT2D eigenvalue weighted by Gasteiger charge is 2.08. The zero-order valence-electron chi connectivity index (χ0n) is 10.3. The Morgan fingerprint density at radius 3 is 2.50 bits per heavy atom. The molecule has 6 heteroatoms. The Hall–Kier alpha value is -1.42. The summed E-state index contributed by atoms with van der Waals surface area (Å²) in [6.45, 7) is 0. The van der Waals surface area contributed by atoms with Gasteiger partial charge in [0.05, 0.1) is 27.8 Å². The summed E-state index contributed by atoms with van der Waals surface area (Å²) in [5, 5.41) is 4.08. The average Bonchev–Trinajstić information content (AvgIpc) is 2.38. The molecule has 0 heterocycles. The molecule has 0 radical (unpaired) electrons. The summed E-state index contributed by atoms with van der Waals surface area (Å²) in [4.78, 5) is 12.0. The molecule has 0 aliphatic carbocycles. The number of halogens is 3. The maximum Gasteiger partial charge on any atom is 0.228 e. The topological polar surface area (TPSA) is 55.1 Å². The van der Waals surface area contributed by atoms with Crippen LogP contribution in [0.1, 0.15) is 5.56 Å². The number of carbonyl (C=O) groups is 1. The summed E-state index contributed by atoms with van der Waals surface area (Å²) in [7, 11) is 0. The van der Waals surface area contributed by atoms with E-state index < -0.39 is 0 Å². The van der Waals surface area contributed by atoms with Crippen molar-refractivity contribution < 1.29 is 4.79 Å². The summed E-state index contributed by atoms with van der Waals surface area (Å²) in [6, 6.07) is 9.95. The van der Waals surface area contributed by atoms with Gasteiger partial charge in [-0.15, -0.1) is 0 Å². The summed E-state index contributed by atoms with van der Waals surface area (Å²) in [5.74, 6) is -0.211. The number of nitrogens with two attached hydrogens (primary N) is 1. The lowest BCUT2D eigenvalue weighted by molar-refractivity contribution is -0.115. The third-order valence-corrected chi connectivity index (χ3v) is 3.61. The molecule has 0 spiro atoms. The first kappa shape index (κ1) is 15.0. The minimum atomic E-state index is -0.211. The van der Waals surface area contributed by atoms with Crippen molar-refractivity contribution in [3.63, 3.8) is 0 Å². The molecule has 0 aliphatic rings. The lowest BCUT2D eigenvalue weighted by atomic mass is 10.1. The van der Waals surface area contributed by atoms with Gasteiger partial charge >= 0.3 is 0 Å². The van der Waals surface area contributed by atoms with Gasteiger partial charge in [0.15, 0.2) is 0 Å². The van der Waals surface area contributed by atoms with Crippen molar-refractivity contribution in [2.45, 2.75) is 6.42 Å². The van der Waals surface area contributed by atoms with Gasteiger partial charge < -0.3 is 11.1 Å². The first-order valence-corrected chi connectivity index (χ1v) is 6.88. The number of amides is 1. The Bertz CT molecular complexity index is 659. The van der Waals surface area contributed by atoms with E-state index in [4.69, 9.17) is 40.5 Å². The zero-order valence-corrected chi connectivity index (χ0v) is 12.6. The van der Waals surface area contributed by atoms with E-state index in [0.29, 0.717) is 26.4 Å². The van der Waals surface area contributed by atoms with Gasteiger partial charge in [0.2, 0.25) is 5.91 Å². The molecule has 1 amide bonds.